The van der Waals surface area contributed by atoms with E-state index in [1.54, 1.807) is 24.3 Å². The molecule has 0 unspecified atom stereocenters. The van der Waals surface area contributed by atoms with Gasteiger partial charge in [0.05, 0.1) is 13.5 Å². The van der Waals surface area contributed by atoms with Gasteiger partial charge < -0.3 is 9.47 Å². The summed E-state index contributed by atoms with van der Waals surface area (Å²) in [5.41, 5.74) is 5.94. The average Bonchev–Trinajstić information content (AvgIpc) is 2.69. The predicted molar refractivity (Wildman–Crippen MR) is 94.1 cm³/mol. The van der Waals surface area contributed by atoms with Crippen LogP contribution in [-0.4, -0.2) is 24.9 Å². The summed E-state index contributed by atoms with van der Waals surface area (Å²) in [6, 6.07) is 16.3. The first-order chi connectivity index (χ1) is 12.6. The van der Waals surface area contributed by atoms with Crippen LogP contribution in [0.2, 0.25) is 0 Å². The zero-order chi connectivity index (χ0) is 18.8. The molecular formula is C19H20N2O5. The van der Waals surface area contributed by atoms with Crippen molar-refractivity contribution >= 4 is 17.8 Å². The summed E-state index contributed by atoms with van der Waals surface area (Å²) in [5, 5.41) is 0. The molecule has 2 aromatic rings. The van der Waals surface area contributed by atoms with E-state index in [9.17, 15) is 14.4 Å². The smallest absolute Gasteiger partial charge is 0.306 e. The molecule has 0 bridgehead atoms. The fraction of sp³-hybridized carbons (Fsp3) is 0.211. The summed E-state index contributed by atoms with van der Waals surface area (Å²) in [4.78, 5) is 34.4. The fourth-order valence-electron chi connectivity index (χ4n) is 2.02. The lowest BCUT2D eigenvalue weighted by molar-refractivity contribution is -0.142. The third-order valence-electron chi connectivity index (χ3n) is 3.46. The van der Waals surface area contributed by atoms with Gasteiger partial charge in [-0.15, -0.1) is 0 Å². The van der Waals surface area contributed by atoms with Gasteiger partial charge in [0.1, 0.15) is 12.4 Å². The molecule has 0 atom stereocenters. The highest BCUT2D eigenvalue weighted by Gasteiger charge is 2.09. The Balaban J connectivity index is 1.77. The Kier molecular flexibility index (Phi) is 7.17. The Labute approximate surface area is 151 Å². The third-order valence-corrected chi connectivity index (χ3v) is 3.46. The second kappa shape index (κ2) is 9.83. The van der Waals surface area contributed by atoms with Crippen LogP contribution in [-0.2, 0) is 20.9 Å². The largest absolute Gasteiger partial charge is 0.489 e. The fourth-order valence-corrected chi connectivity index (χ4v) is 2.02. The van der Waals surface area contributed by atoms with Crippen LogP contribution in [0.3, 0.4) is 0 Å². The third kappa shape index (κ3) is 6.27. The number of hydrazine groups is 1. The van der Waals surface area contributed by atoms with Crippen molar-refractivity contribution in [3.05, 3.63) is 65.7 Å². The van der Waals surface area contributed by atoms with E-state index in [1.165, 1.54) is 7.11 Å². The summed E-state index contributed by atoms with van der Waals surface area (Å²) in [5.74, 6) is -0.803. The molecule has 0 aliphatic rings. The normalized spacial score (nSPS) is 9.88. The monoisotopic (exact) mass is 356 g/mol. The van der Waals surface area contributed by atoms with E-state index >= 15 is 0 Å². The van der Waals surface area contributed by atoms with Crippen molar-refractivity contribution in [2.75, 3.05) is 7.11 Å². The number of methoxy groups -OCH3 is 1. The van der Waals surface area contributed by atoms with Crippen LogP contribution >= 0.6 is 0 Å². The predicted octanol–water partition coefficient (Wildman–Crippen LogP) is 1.98. The molecule has 7 heteroatoms. The lowest BCUT2D eigenvalue weighted by Crippen LogP contribution is -2.41. The zero-order valence-electron chi connectivity index (χ0n) is 14.4. The van der Waals surface area contributed by atoms with Gasteiger partial charge in [-0.25, -0.2) is 0 Å². The van der Waals surface area contributed by atoms with Crippen molar-refractivity contribution in [2.45, 2.75) is 19.4 Å². The van der Waals surface area contributed by atoms with E-state index in [0.717, 1.165) is 5.56 Å². The van der Waals surface area contributed by atoms with Gasteiger partial charge in [0.25, 0.3) is 5.91 Å². The van der Waals surface area contributed by atoms with E-state index in [2.05, 4.69) is 15.6 Å². The molecular weight excluding hydrogens is 336 g/mol. The van der Waals surface area contributed by atoms with Crippen LogP contribution in [0.1, 0.15) is 28.8 Å². The van der Waals surface area contributed by atoms with E-state index in [0.29, 0.717) is 17.9 Å². The van der Waals surface area contributed by atoms with Gasteiger partial charge in [0.15, 0.2) is 0 Å². The molecule has 0 aliphatic carbocycles. The summed E-state index contributed by atoms with van der Waals surface area (Å²) in [7, 11) is 1.25. The number of esters is 1. The Morgan fingerprint density at radius 3 is 2.23 bits per heavy atom. The van der Waals surface area contributed by atoms with Crippen LogP contribution in [0.15, 0.2) is 54.6 Å². The zero-order valence-corrected chi connectivity index (χ0v) is 14.4. The van der Waals surface area contributed by atoms with Crippen molar-refractivity contribution in [1.82, 2.24) is 10.9 Å². The molecule has 0 aromatic heterocycles. The van der Waals surface area contributed by atoms with Gasteiger partial charge in [-0.2, -0.15) is 0 Å². The molecule has 26 heavy (non-hydrogen) atoms. The minimum atomic E-state index is -0.488. The molecule has 0 aliphatic heterocycles. The topological polar surface area (TPSA) is 93.7 Å². The van der Waals surface area contributed by atoms with Gasteiger partial charge >= 0.3 is 5.97 Å². The number of benzene rings is 2. The number of amides is 2. The summed E-state index contributed by atoms with van der Waals surface area (Å²) < 4.78 is 10.1. The Morgan fingerprint density at radius 1 is 0.885 bits per heavy atom. The molecule has 7 nitrogen and oxygen atoms in total. The first-order valence-corrected chi connectivity index (χ1v) is 8.01. The maximum Gasteiger partial charge on any atom is 0.306 e. The molecule has 2 rings (SSSR count). The number of rotatable bonds is 7. The minimum Gasteiger partial charge on any atom is -0.489 e. The highest BCUT2D eigenvalue weighted by molar-refractivity contribution is 5.95. The molecule has 0 spiro atoms. The van der Waals surface area contributed by atoms with Gasteiger partial charge in [0.2, 0.25) is 5.91 Å². The lowest BCUT2D eigenvalue weighted by Gasteiger charge is -2.09. The Morgan fingerprint density at radius 2 is 1.58 bits per heavy atom. The Bertz CT molecular complexity index is 744. The number of carbonyl (C=O) groups is 3. The van der Waals surface area contributed by atoms with Crippen LogP contribution in [0.5, 0.6) is 5.75 Å². The van der Waals surface area contributed by atoms with Crippen LogP contribution in [0.4, 0.5) is 0 Å². The summed E-state index contributed by atoms with van der Waals surface area (Å²) in [6.07, 6.45) is -0.120. The maximum atomic E-state index is 12.0. The maximum absolute atomic E-state index is 12.0. The average molecular weight is 356 g/mol. The second-order valence-corrected chi connectivity index (χ2v) is 5.38. The highest BCUT2D eigenvalue weighted by atomic mass is 16.5. The molecule has 2 aromatic carbocycles. The lowest BCUT2D eigenvalue weighted by atomic mass is 10.2. The van der Waals surface area contributed by atoms with Crippen molar-refractivity contribution < 1.29 is 23.9 Å². The van der Waals surface area contributed by atoms with Crippen LogP contribution in [0.25, 0.3) is 0 Å². The Hall–Kier alpha value is -3.35. The number of hydrogen-bond acceptors (Lipinski definition) is 5. The number of ether oxygens (including phenoxy) is 2. The van der Waals surface area contributed by atoms with Crippen molar-refractivity contribution in [2.24, 2.45) is 0 Å². The molecule has 0 saturated heterocycles. The SMILES string of the molecule is COC(=O)CCC(=O)NNC(=O)c1ccc(OCc2ccccc2)cc1. The summed E-state index contributed by atoms with van der Waals surface area (Å²) >= 11 is 0. The highest BCUT2D eigenvalue weighted by Crippen LogP contribution is 2.14. The van der Waals surface area contributed by atoms with Gasteiger partial charge in [-0.3, -0.25) is 25.2 Å². The van der Waals surface area contributed by atoms with E-state index in [4.69, 9.17) is 4.74 Å². The van der Waals surface area contributed by atoms with Crippen molar-refractivity contribution in [1.29, 1.82) is 0 Å². The molecule has 2 amide bonds. The first kappa shape index (κ1) is 19.0. The molecule has 2 N–H and O–H groups in total. The molecule has 0 fully saturated rings. The van der Waals surface area contributed by atoms with Gasteiger partial charge in [0, 0.05) is 12.0 Å². The van der Waals surface area contributed by atoms with Gasteiger partial charge in [-0.1, -0.05) is 30.3 Å². The van der Waals surface area contributed by atoms with Crippen molar-refractivity contribution in [3.63, 3.8) is 0 Å². The number of carbonyl (C=O) groups excluding carboxylic acids is 3. The first-order valence-electron chi connectivity index (χ1n) is 8.01. The van der Waals surface area contributed by atoms with E-state index in [-0.39, 0.29) is 12.8 Å². The number of nitrogens with one attached hydrogen (secondary N) is 2. The van der Waals surface area contributed by atoms with E-state index < -0.39 is 17.8 Å². The van der Waals surface area contributed by atoms with E-state index in [1.807, 2.05) is 30.3 Å². The standard InChI is InChI=1S/C19H20N2O5/c1-25-18(23)12-11-17(22)20-21-19(24)15-7-9-16(10-8-15)26-13-14-5-3-2-4-6-14/h2-10H,11-13H2,1H3,(H,20,22)(H,21,24). The molecule has 136 valence electrons. The molecule has 0 radical (unpaired) electrons. The van der Waals surface area contributed by atoms with Gasteiger partial charge in [-0.05, 0) is 29.8 Å². The van der Waals surface area contributed by atoms with Crippen molar-refractivity contribution in [3.8, 4) is 5.75 Å². The summed E-state index contributed by atoms with van der Waals surface area (Å²) in [6.45, 7) is 0.433. The minimum absolute atomic E-state index is 0.0499. The van der Waals surface area contributed by atoms with Crippen LogP contribution in [0, 0.1) is 0 Å². The molecule has 0 saturated carbocycles. The molecule has 0 heterocycles. The van der Waals surface area contributed by atoms with Crippen LogP contribution < -0.4 is 15.6 Å². The second-order valence-electron chi connectivity index (χ2n) is 5.38. The number of hydrogen-bond donors (Lipinski definition) is 2. The quantitative estimate of drug-likeness (QED) is 0.584.